The van der Waals surface area contributed by atoms with E-state index >= 15 is 0 Å². The first kappa shape index (κ1) is 17.7. The van der Waals surface area contributed by atoms with Crippen LogP contribution in [0.4, 0.5) is 5.69 Å². The zero-order chi connectivity index (χ0) is 17.7. The molecular formula is C16H16ClN3O4. The maximum absolute atomic E-state index is 12.1. The van der Waals surface area contributed by atoms with Crippen LogP contribution in [-0.4, -0.2) is 33.6 Å². The van der Waals surface area contributed by atoms with E-state index in [1.54, 1.807) is 18.2 Å². The fourth-order valence-electron chi connectivity index (χ4n) is 1.70. The van der Waals surface area contributed by atoms with Gasteiger partial charge in [0.05, 0.1) is 24.0 Å². The highest BCUT2D eigenvalue weighted by atomic mass is 35.5. The van der Waals surface area contributed by atoms with Gasteiger partial charge in [0.15, 0.2) is 5.69 Å². The van der Waals surface area contributed by atoms with Gasteiger partial charge in [-0.25, -0.2) is 14.8 Å². The van der Waals surface area contributed by atoms with Gasteiger partial charge in [0.2, 0.25) is 0 Å². The minimum Gasteiger partial charge on any atom is -0.492 e. The molecule has 0 fully saturated rings. The SMILES string of the molecule is CC(C)COc1ccc(NC(=O)c2cnc(C(=O)O)cn2)cc1Cl. The van der Waals surface area contributed by atoms with E-state index in [1.165, 1.54) is 0 Å². The molecule has 126 valence electrons. The third-order valence-corrected chi connectivity index (χ3v) is 3.16. The fraction of sp³-hybridized carbons (Fsp3) is 0.250. The summed E-state index contributed by atoms with van der Waals surface area (Å²) in [6.45, 7) is 4.59. The number of rotatable bonds is 6. The van der Waals surface area contributed by atoms with Crippen molar-refractivity contribution in [2.75, 3.05) is 11.9 Å². The van der Waals surface area contributed by atoms with E-state index in [4.69, 9.17) is 21.4 Å². The Morgan fingerprint density at radius 3 is 2.46 bits per heavy atom. The van der Waals surface area contributed by atoms with Crippen molar-refractivity contribution in [3.05, 3.63) is 47.0 Å². The monoisotopic (exact) mass is 349 g/mol. The summed E-state index contributed by atoms with van der Waals surface area (Å²) in [5.41, 5.74) is 0.225. The van der Waals surface area contributed by atoms with E-state index in [9.17, 15) is 9.59 Å². The van der Waals surface area contributed by atoms with Gasteiger partial charge in [0, 0.05) is 5.69 Å². The molecule has 1 aromatic carbocycles. The van der Waals surface area contributed by atoms with Gasteiger partial charge in [0.25, 0.3) is 5.91 Å². The quantitative estimate of drug-likeness (QED) is 0.830. The normalized spacial score (nSPS) is 10.5. The highest BCUT2D eigenvalue weighted by Gasteiger charge is 2.12. The number of halogens is 1. The van der Waals surface area contributed by atoms with Crippen LogP contribution < -0.4 is 10.1 Å². The number of nitrogens with zero attached hydrogens (tertiary/aromatic N) is 2. The Kier molecular flexibility index (Phi) is 5.70. The van der Waals surface area contributed by atoms with Crippen LogP contribution in [0.25, 0.3) is 0 Å². The zero-order valence-corrected chi connectivity index (χ0v) is 13.9. The molecule has 1 heterocycles. The summed E-state index contributed by atoms with van der Waals surface area (Å²) >= 11 is 6.13. The van der Waals surface area contributed by atoms with Crippen molar-refractivity contribution in [3.63, 3.8) is 0 Å². The van der Waals surface area contributed by atoms with Crippen molar-refractivity contribution in [1.82, 2.24) is 9.97 Å². The molecule has 0 aliphatic heterocycles. The minimum atomic E-state index is -1.21. The first-order valence-electron chi connectivity index (χ1n) is 7.16. The number of carboxylic acids is 1. The maximum atomic E-state index is 12.1. The second-order valence-corrected chi connectivity index (χ2v) is 5.80. The smallest absolute Gasteiger partial charge is 0.356 e. The molecule has 1 aromatic heterocycles. The Bertz CT molecular complexity index is 747. The van der Waals surface area contributed by atoms with E-state index in [2.05, 4.69) is 15.3 Å². The van der Waals surface area contributed by atoms with Gasteiger partial charge >= 0.3 is 5.97 Å². The van der Waals surface area contributed by atoms with E-state index in [-0.39, 0.29) is 11.4 Å². The lowest BCUT2D eigenvalue weighted by Crippen LogP contribution is -2.15. The molecule has 0 atom stereocenters. The van der Waals surface area contributed by atoms with Gasteiger partial charge in [-0.15, -0.1) is 0 Å². The van der Waals surface area contributed by atoms with Crippen LogP contribution in [0, 0.1) is 5.92 Å². The number of benzene rings is 1. The van der Waals surface area contributed by atoms with Gasteiger partial charge in [-0.05, 0) is 24.1 Å². The van der Waals surface area contributed by atoms with Crippen molar-refractivity contribution < 1.29 is 19.4 Å². The number of carbonyl (C=O) groups excluding carboxylic acids is 1. The maximum Gasteiger partial charge on any atom is 0.356 e. The predicted molar refractivity (Wildman–Crippen MR) is 88.7 cm³/mol. The Hall–Kier alpha value is -2.67. The number of carbonyl (C=O) groups is 2. The van der Waals surface area contributed by atoms with Crippen molar-refractivity contribution in [2.45, 2.75) is 13.8 Å². The first-order valence-corrected chi connectivity index (χ1v) is 7.53. The molecule has 0 aliphatic carbocycles. The molecule has 7 nitrogen and oxygen atoms in total. The number of ether oxygens (including phenoxy) is 1. The lowest BCUT2D eigenvalue weighted by Gasteiger charge is -2.11. The van der Waals surface area contributed by atoms with Crippen LogP contribution in [0.15, 0.2) is 30.6 Å². The lowest BCUT2D eigenvalue weighted by atomic mass is 10.2. The average molecular weight is 350 g/mol. The molecular weight excluding hydrogens is 334 g/mol. The second-order valence-electron chi connectivity index (χ2n) is 5.40. The van der Waals surface area contributed by atoms with Crippen molar-refractivity contribution in [3.8, 4) is 5.75 Å². The molecule has 2 N–H and O–H groups in total. The highest BCUT2D eigenvalue weighted by molar-refractivity contribution is 6.32. The molecule has 0 saturated carbocycles. The second kappa shape index (κ2) is 7.74. The Balaban J connectivity index is 2.06. The number of anilines is 1. The van der Waals surface area contributed by atoms with Gasteiger partial charge in [-0.3, -0.25) is 4.79 Å². The number of aromatic nitrogens is 2. The number of amides is 1. The molecule has 0 aliphatic rings. The van der Waals surface area contributed by atoms with Crippen LogP contribution in [0.2, 0.25) is 5.02 Å². The lowest BCUT2D eigenvalue weighted by molar-refractivity contribution is 0.0689. The molecule has 8 heteroatoms. The molecule has 0 saturated heterocycles. The third kappa shape index (κ3) is 4.66. The fourth-order valence-corrected chi connectivity index (χ4v) is 1.94. The largest absolute Gasteiger partial charge is 0.492 e. The molecule has 0 radical (unpaired) electrons. The highest BCUT2D eigenvalue weighted by Crippen LogP contribution is 2.28. The number of carboxylic acid groups (broad SMARTS) is 1. The molecule has 1 amide bonds. The van der Waals surface area contributed by atoms with Crippen LogP contribution in [0.3, 0.4) is 0 Å². The van der Waals surface area contributed by atoms with Gasteiger partial charge in [0.1, 0.15) is 11.4 Å². The Labute approximate surface area is 143 Å². The molecule has 2 aromatic rings. The van der Waals surface area contributed by atoms with Gasteiger partial charge in [-0.2, -0.15) is 0 Å². The number of aromatic carboxylic acids is 1. The third-order valence-electron chi connectivity index (χ3n) is 2.87. The summed E-state index contributed by atoms with van der Waals surface area (Å²) in [7, 11) is 0. The first-order chi connectivity index (χ1) is 11.4. The van der Waals surface area contributed by atoms with Crippen LogP contribution in [-0.2, 0) is 0 Å². The van der Waals surface area contributed by atoms with E-state index < -0.39 is 11.9 Å². The van der Waals surface area contributed by atoms with Gasteiger partial charge < -0.3 is 15.2 Å². The average Bonchev–Trinajstić information content (AvgIpc) is 2.54. The summed E-state index contributed by atoms with van der Waals surface area (Å²) in [5, 5.41) is 11.7. The standard InChI is InChI=1S/C16H16ClN3O4/c1-9(2)8-24-14-4-3-10(5-11(14)17)20-15(21)12-6-19-13(7-18-12)16(22)23/h3-7,9H,8H2,1-2H3,(H,20,21)(H,22,23). The molecule has 0 spiro atoms. The van der Waals surface area contributed by atoms with Crippen LogP contribution >= 0.6 is 11.6 Å². The van der Waals surface area contributed by atoms with E-state index in [1.807, 2.05) is 13.8 Å². The zero-order valence-electron chi connectivity index (χ0n) is 13.1. The summed E-state index contributed by atoms with van der Waals surface area (Å²) in [6, 6.07) is 4.88. The minimum absolute atomic E-state index is 0.00347. The van der Waals surface area contributed by atoms with Crippen LogP contribution in [0.5, 0.6) is 5.75 Å². The summed E-state index contributed by atoms with van der Waals surface area (Å²) in [4.78, 5) is 30.2. The summed E-state index contributed by atoms with van der Waals surface area (Å²) < 4.78 is 5.56. The predicted octanol–water partition coefficient (Wildman–Crippen LogP) is 3.12. The number of nitrogens with one attached hydrogen (secondary N) is 1. The molecule has 2 rings (SSSR count). The molecule has 24 heavy (non-hydrogen) atoms. The molecule has 0 bridgehead atoms. The van der Waals surface area contributed by atoms with Crippen molar-refractivity contribution in [1.29, 1.82) is 0 Å². The Morgan fingerprint density at radius 2 is 1.92 bits per heavy atom. The number of hydrogen-bond acceptors (Lipinski definition) is 5. The molecule has 0 unspecified atom stereocenters. The topological polar surface area (TPSA) is 101 Å². The van der Waals surface area contributed by atoms with Gasteiger partial charge in [-0.1, -0.05) is 25.4 Å². The van der Waals surface area contributed by atoms with Crippen molar-refractivity contribution >= 4 is 29.2 Å². The van der Waals surface area contributed by atoms with E-state index in [0.717, 1.165) is 12.4 Å². The number of hydrogen-bond donors (Lipinski definition) is 2. The van der Waals surface area contributed by atoms with Crippen molar-refractivity contribution in [2.24, 2.45) is 5.92 Å². The summed E-state index contributed by atoms with van der Waals surface area (Å²) in [5.74, 6) is -0.827. The van der Waals surface area contributed by atoms with Crippen LogP contribution in [0.1, 0.15) is 34.8 Å². The Morgan fingerprint density at radius 1 is 1.25 bits per heavy atom. The van der Waals surface area contributed by atoms with E-state index in [0.29, 0.717) is 29.0 Å². The summed E-state index contributed by atoms with van der Waals surface area (Å²) in [6.07, 6.45) is 2.12.